The van der Waals surface area contributed by atoms with Gasteiger partial charge in [-0.25, -0.2) is 5.06 Å². The molecule has 0 radical (unpaired) electrons. The molecule has 0 aliphatic carbocycles. The third kappa shape index (κ3) is 4.90. The zero-order valence-corrected chi connectivity index (χ0v) is 17.6. The van der Waals surface area contributed by atoms with Crippen LogP contribution >= 0.6 is 0 Å². The highest BCUT2D eigenvalue weighted by molar-refractivity contribution is 5.93. The second-order valence-electron chi connectivity index (χ2n) is 8.23. The first-order valence-electron chi connectivity index (χ1n) is 9.69. The zero-order valence-electron chi connectivity index (χ0n) is 17.6. The molecule has 1 amide bonds. The van der Waals surface area contributed by atoms with Gasteiger partial charge in [0.15, 0.2) is 11.6 Å². The Hall–Kier alpha value is -1.51. The maximum absolute atomic E-state index is 12.3. The number of benzene rings is 1. The lowest BCUT2D eigenvalue weighted by molar-refractivity contribution is -0.174. The van der Waals surface area contributed by atoms with E-state index in [4.69, 9.17) is 23.8 Å². The Balaban J connectivity index is 1.66. The first kappa shape index (κ1) is 21.2. The summed E-state index contributed by atoms with van der Waals surface area (Å²) in [6.45, 7) is 8.13. The van der Waals surface area contributed by atoms with Gasteiger partial charge in [-0.2, -0.15) is 0 Å². The van der Waals surface area contributed by atoms with Gasteiger partial charge in [0.25, 0.3) is 5.91 Å². The lowest BCUT2D eigenvalue weighted by Crippen LogP contribution is -2.38. The largest absolute Gasteiger partial charge is 0.348 e. The van der Waals surface area contributed by atoms with Crippen LogP contribution in [0.2, 0.25) is 0 Å². The van der Waals surface area contributed by atoms with E-state index in [2.05, 4.69) is 0 Å². The predicted molar refractivity (Wildman–Crippen MR) is 103 cm³/mol. The molecule has 156 valence electrons. The summed E-state index contributed by atoms with van der Waals surface area (Å²) in [7, 11) is 3.06. The van der Waals surface area contributed by atoms with Crippen LogP contribution in [0.15, 0.2) is 24.3 Å². The van der Waals surface area contributed by atoms with Crippen molar-refractivity contribution in [3.05, 3.63) is 35.4 Å². The number of amides is 1. The summed E-state index contributed by atoms with van der Waals surface area (Å²) in [5.74, 6) is -1.44. The first-order chi connectivity index (χ1) is 13.1. The Morgan fingerprint density at radius 1 is 1.18 bits per heavy atom. The molecule has 2 saturated heterocycles. The van der Waals surface area contributed by atoms with E-state index in [1.54, 1.807) is 13.1 Å². The van der Waals surface area contributed by atoms with Crippen LogP contribution in [0, 0.1) is 0 Å². The van der Waals surface area contributed by atoms with Crippen LogP contribution in [-0.4, -0.2) is 61.6 Å². The Bertz CT molecular complexity index is 704. The molecule has 0 spiro atoms. The maximum atomic E-state index is 12.3. The fourth-order valence-corrected chi connectivity index (χ4v) is 3.71. The molecular formula is C21H31NO6. The van der Waals surface area contributed by atoms with Crippen molar-refractivity contribution >= 4 is 5.91 Å². The summed E-state index contributed by atoms with van der Waals surface area (Å²) in [5, 5.41) is 1.21. The van der Waals surface area contributed by atoms with Gasteiger partial charge in [0.05, 0.1) is 19.8 Å². The lowest BCUT2D eigenvalue weighted by atomic mass is 9.99. The standard InChI is InChI=1S/C21H31NO6/c1-20(2)25-13-17(27-20)18-16(26-21(3,4)28-18)11-10-14-8-7-9-15(12-14)19(23)22(5)24-6/h7-9,12,16-18H,10-11,13H2,1-6H3/t16-,17-,18+/m1/s1. The number of hydrogen-bond acceptors (Lipinski definition) is 6. The second kappa shape index (κ2) is 8.08. The highest BCUT2D eigenvalue weighted by Gasteiger charge is 2.49. The summed E-state index contributed by atoms with van der Waals surface area (Å²) in [5.41, 5.74) is 1.66. The molecule has 2 aliphatic heterocycles. The number of hydrogen-bond donors (Lipinski definition) is 0. The van der Waals surface area contributed by atoms with Gasteiger partial charge in [-0.1, -0.05) is 12.1 Å². The van der Waals surface area contributed by atoms with Gasteiger partial charge in [0, 0.05) is 12.6 Å². The van der Waals surface area contributed by atoms with Crippen molar-refractivity contribution in [3.8, 4) is 0 Å². The second-order valence-corrected chi connectivity index (χ2v) is 8.23. The van der Waals surface area contributed by atoms with Gasteiger partial charge in [-0.15, -0.1) is 0 Å². The minimum atomic E-state index is -0.662. The highest BCUT2D eigenvalue weighted by Crippen LogP contribution is 2.37. The van der Waals surface area contributed by atoms with Crippen molar-refractivity contribution in [1.29, 1.82) is 0 Å². The molecule has 3 rings (SSSR count). The molecule has 0 N–H and O–H groups in total. The number of nitrogens with zero attached hydrogens (tertiary/aromatic N) is 1. The molecule has 7 heteroatoms. The smallest absolute Gasteiger partial charge is 0.277 e. The third-order valence-electron chi connectivity index (χ3n) is 5.07. The number of carbonyl (C=O) groups excluding carboxylic acids is 1. The maximum Gasteiger partial charge on any atom is 0.277 e. The summed E-state index contributed by atoms with van der Waals surface area (Å²) >= 11 is 0. The highest BCUT2D eigenvalue weighted by atomic mass is 16.8. The molecule has 0 saturated carbocycles. The monoisotopic (exact) mass is 393 g/mol. The molecule has 3 atom stereocenters. The van der Waals surface area contributed by atoms with E-state index in [9.17, 15) is 4.79 Å². The van der Waals surface area contributed by atoms with E-state index >= 15 is 0 Å². The summed E-state index contributed by atoms with van der Waals surface area (Å²) in [6, 6.07) is 7.58. The Labute approximate surface area is 166 Å². The van der Waals surface area contributed by atoms with Crippen LogP contribution in [0.4, 0.5) is 0 Å². The van der Waals surface area contributed by atoms with E-state index in [0.717, 1.165) is 18.4 Å². The molecule has 0 aromatic heterocycles. The zero-order chi connectivity index (χ0) is 20.5. The molecule has 1 aromatic carbocycles. The van der Waals surface area contributed by atoms with Crippen LogP contribution in [-0.2, 0) is 30.2 Å². The fourth-order valence-electron chi connectivity index (χ4n) is 3.71. The number of hydroxylamine groups is 2. The summed E-state index contributed by atoms with van der Waals surface area (Å²) in [4.78, 5) is 17.3. The Kier molecular flexibility index (Phi) is 6.12. The number of aryl methyl sites for hydroxylation is 1. The normalized spacial score (nSPS) is 28.4. The van der Waals surface area contributed by atoms with Gasteiger partial charge in [0.2, 0.25) is 0 Å². The molecule has 7 nitrogen and oxygen atoms in total. The van der Waals surface area contributed by atoms with Crippen LogP contribution in [0.5, 0.6) is 0 Å². The molecule has 2 aliphatic rings. The van der Waals surface area contributed by atoms with Gasteiger partial charge in [0.1, 0.15) is 12.2 Å². The van der Waals surface area contributed by atoms with Crippen LogP contribution in [0.1, 0.15) is 50.0 Å². The van der Waals surface area contributed by atoms with Gasteiger partial charge >= 0.3 is 0 Å². The molecule has 2 heterocycles. The van der Waals surface area contributed by atoms with Crippen molar-refractivity contribution in [2.24, 2.45) is 0 Å². The van der Waals surface area contributed by atoms with Crippen molar-refractivity contribution in [3.63, 3.8) is 0 Å². The summed E-state index contributed by atoms with van der Waals surface area (Å²) in [6.07, 6.45) is 1.05. The summed E-state index contributed by atoms with van der Waals surface area (Å²) < 4.78 is 24.0. The Morgan fingerprint density at radius 2 is 1.93 bits per heavy atom. The average Bonchev–Trinajstić information content (AvgIpc) is 3.16. The SMILES string of the molecule is CON(C)C(=O)c1cccc(CC[C@H]2OC(C)(C)O[C@@H]2[C@H]2COC(C)(C)O2)c1. The van der Waals surface area contributed by atoms with Gasteiger partial charge in [-0.05, 0) is 58.2 Å². The topological polar surface area (TPSA) is 66.5 Å². The van der Waals surface area contributed by atoms with Crippen molar-refractivity contribution in [2.45, 2.75) is 70.4 Å². The van der Waals surface area contributed by atoms with Gasteiger partial charge in [-0.3, -0.25) is 9.63 Å². The molecule has 28 heavy (non-hydrogen) atoms. The quantitative estimate of drug-likeness (QED) is 0.693. The third-order valence-corrected chi connectivity index (χ3v) is 5.07. The average molecular weight is 393 g/mol. The van der Waals surface area contributed by atoms with Crippen LogP contribution in [0.25, 0.3) is 0 Å². The van der Waals surface area contributed by atoms with E-state index < -0.39 is 11.6 Å². The van der Waals surface area contributed by atoms with Crippen molar-refractivity contribution < 1.29 is 28.6 Å². The van der Waals surface area contributed by atoms with E-state index in [1.807, 2.05) is 45.9 Å². The predicted octanol–water partition coefficient (Wildman–Crippen LogP) is 2.92. The first-order valence-corrected chi connectivity index (χ1v) is 9.69. The molecule has 1 aromatic rings. The number of ether oxygens (including phenoxy) is 4. The van der Waals surface area contributed by atoms with Crippen LogP contribution in [0.3, 0.4) is 0 Å². The Morgan fingerprint density at radius 3 is 2.57 bits per heavy atom. The molecule has 0 bridgehead atoms. The van der Waals surface area contributed by atoms with Crippen molar-refractivity contribution in [1.82, 2.24) is 5.06 Å². The van der Waals surface area contributed by atoms with E-state index in [-0.39, 0.29) is 24.2 Å². The molecule has 2 fully saturated rings. The van der Waals surface area contributed by atoms with E-state index in [1.165, 1.54) is 12.2 Å². The lowest BCUT2D eigenvalue weighted by Gasteiger charge is -2.24. The van der Waals surface area contributed by atoms with E-state index in [0.29, 0.717) is 12.2 Å². The van der Waals surface area contributed by atoms with Crippen LogP contribution < -0.4 is 0 Å². The number of rotatable bonds is 6. The van der Waals surface area contributed by atoms with Gasteiger partial charge < -0.3 is 18.9 Å². The van der Waals surface area contributed by atoms with Crippen molar-refractivity contribution in [2.75, 3.05) is 20.8 Å². The minimum Gasteiger partial charge on any atom is -0.348 e. The minimum absolute atomic E-state index is 0.112. The molecule has 0 unspecified atom stereocenters. The fraction of sp³-hybridized carbons (Fsp3) is 0.667. The molecular weight excluding hydrogens is 362 g/mol. The number of carbonyl (C=O) groups is 1.